The van der Waals surface area contributed by atoms with E-state index in [4.69, 9.17) is 11.6 Å². The average Bonchev–Trinajstić information content (AvgIpc) is 2.13. The minimum absolute atomic E-state index is 0.334. The van der Waals surface area contributed by atoms with Crippen LogP contribution in [0.2, 0.25) is 5.28 Å². The quantitative estimate of drug-likeness (QED) is 0.327. The second kappa shape index (κ2) is 6.22. The summed E-state index contributed by atoms with van der Waals surface area (Å²) in [6.45, 7) is 2.20. The van der Waals surface area contributed by atoms with Crippen molar-refractivity contribution >= 4 is 23.4 Å². The first kappa shape index (κ1) is 10.8. The van der Waals surface area contributed by atoms with Crippen molar-refractivity contribution < 1.29 is 0 Å². The third-order valence-electron chi connectivity index (χ3n) is 1.60. The molecule has 72 valence electrons. The maximum atomic E-state index is 5.65. The molecule has 0 amide bonds. The van der Waals surface area contributed by atoms with Gasteiger partial charge in [-0.3, -0.25) is 0 Å². The van der Waals surface area contributed by atoms with E-state index in [1.807, 2.05) is 6.07 Å². The lowest BCUT2D eigenvalue weighted by Crippen LogP contribution is -1.86. The molecule has 0 aromatic carbocycles. The number of aromatic nitrogens is 2. The van der Waals surface area contributed by atoms with E-state index in [-0.39, 0.29) is 0 Å². The Kier molecular flexibility index (Phi) is 5.16. The van der Waals surface area contributed by atoms with Gasteiger partial charge in [-0.15, -0.1) is 11.8 Å². The third-order valence-corrected chi connectivity index (χ3v) is 2.80. The summed E-state index contributed by atoms with van der Waals surface area (Å²) in [6.07, 6.45) is 5.47. The molecule has 0 aliphatic heterocycles. The highest BCUT2D eigenvalue weighted by Crippen LogP contribution is 2.17. The van der Waals surface area contributed by atoms with Gasteiger partial charge in [-0.2, -0.15) is 0 Å². The van der Waals surface area contributed by atoms with Gasteiger partial charge in [-0.25, -0.2) is 9.97 Å². The van der Waals surface area contributed by atoms with Gasteiger partial charge in [0.05, 0.1) is 0 Å². The summed E-state index contributed by atoms with van der Waals surface area (Å²) < 4.78 is 0. The first-order valence-corrected chi connectivity index (χ1v) is 5.80. The van der Waals surface area contributed by atoms with Crippen LogP contribution in [0.5, 0.6) is 0 Å². The van der Waals surface area contributed by atoms with Crippen LogP contribution in [0.15, 0.2) is 17.3 Å². The Labute approximate surface area is 88.1 Å². The first-order valence-electron chi connectivity index (χ1n) is 4.44. The molecule has 1 rings (SSSR count). The van der Waals surface area contributed by atoms with Crippen LogP contribution in [0.1, 0.15) is 26.2 Å². The van der Waals surface area contributed by atoms with Crippen molar-refractivity contribution in [3.05, 3.63) is 17.5 Å². The van der Waals surface area contributed by atoms with Gasteiger partial charge in [0.1, 0.15) is 5.03 Å². The highest BCUT2D eigenvalue weighted by atomic mass is 35.5. The van der Waals surface area contributed by atoms with Crippen LogP contribution in [0.25, 0.3) is 0 Å². The number of hydrogen-bond acceptors (Lipinski definition) is 3. The summed E-state index contributed by atoms with van der Waals surface area (Å²) in [5.74, 6) is 1.11. The van der Waals surface area contributed by atoms with Gasteiger partial charge in [-0.05, 0) is 29.8 Å². The first-order chi connectivity index (χ1) is 6.33. The van der Waals surface area contributed by atoms with Crippen LogP contribution in [0.3, 0.4) is 0 Å². The molecule has 1 aromatic rings. The average molecular weight is 217 g/mol. The summed E-state index contributed by atoms with van der Waals surface area (Å²) in [7, 11) is 0. The molecule has 1 aromatic heterocycles. The lowest BCUT2D eigenvalue weighted by molar-refractivity contribution is 0.778. The van der Waals surface area contributed by atoms with Gasteiger partial charge >= 0.3 is 0 Å². The standard InChI is InChI=1S/C9H13ClN2S/c1-2-3-4-7-13-8-5-6-11-9(10)12-8/h5-6H,2-4,7H2,1H3. The molecule has 0 saturated heterocycles. The number of halogens is 1. The van der Waals surface area contributed by atoms with Gasteiger partial charge in [0.2, 0.25) is 5.28 Å². The topological polar surface area (TPSA) is 25.8 Å². The van der Waals surface area contributed by atoms with Gasteiger partial charge in [0.15, 0.2) is 0 Å². The number of rotatable bonds is 5. The normalized spacial score (nSPS) is 10.3. The zero-order chi connectivity index (χ0) is 9.52. The molecule has 2 nitrogen and oxygen atoms in total. The summed E-state index contributed by atoms with van der Waals surface area (Å²) in [6, 6.07) is 1.89. The van der Waals surface area contributed by atoms with E-state index >= 15 is 0 Å². The lowest BCUT2D eigenvalue weighted by atomic mass is 10.3. The highest BCUT2D eigenvalue weighted by molar-refractivity contribution is 7.99. The van der Waals surface area contributed by atoms with Crippen molar-refractivity contribution in [2.75, 3.05) is 5.75 Å². The summed E-state index contributed by atoms with van der Waals surface area (Å²) >= 11 is 7.39. The maximum Gasteiger partial charge on any atom is 0.223 e. The fraction of sp³-hybridized carbons (Fsp3) is 0.556. The fourth-order valence-electron chi connectivity index (χ4n) is 0.929. The second-order valence-electron chi connectivity index (χ2n) is 2.72. The molecule has 0 unspecified atom stereocenters. The molecule has 4 heteroatoms. The van der Waals surface area contributed by atoms with Crippen molar-refractivity contribution in [1.29, 1.82) is 0 Å². The zero-order valence-electron chi connectivity index (χ0n) is 7.66. The molecule has 0 bridgehead atoms. The monoisotopic (exact) mass is 216 g/mol. The van der Waals surface area contributed by atoms with Crippen molar-refractivity contribution in [3.63, 3.8) is 0 Å². The Morgan fingerprint density at radius 2 is 2.31 bits per heavy atom. The Morgan fingerprint density at radius 3 is 3.00 bits per heavy atom. The summed E-state index contributed by atoms with van der Waals surface area (Å²) in [4.78, 5) is 7.91. The molecule has 0 spiro atoms. The third kappa shape index (κ3) is 4.48. The van der Waals surface area contributed by atoms with E-state index in [0.717, 1.165) is 10.8 Å². The van der Waals surface area contributed by atoms with Crippen molar-refractivity contribution in [3.8, 4) is 0 Å². The molecule has 0 atom stereocenters. The van der Waals surface area contributed by atoms with Crippen LogP contribution in [-0.2, 0) is 0 Å². The predicted octanol–water partition coefficient (Wildman–Crippen LogP) is 3.41. The Hall–Kier alpha value is -0.280. The number of thioether (sulfide) groups is 1. The van der Waals surface area contributed by atoms with E-state index in [0.29, 0.717) is 5.28 Å². The van der Waals surface area contributed by atoms with E-state index in [1.54, 1.807) is 18.0 Å². The molecule has 13 heavy (non-hydrogen) atoms. The predicted molar refractivity (Wildman–Crippen MR) is 57.3 cm³/mol. The highest BCUT2D eigenvalue weighted by Gasteiger charge is 1.96. The molecule has 0 aliphatic rings. The summed E-state index contributed by atoms with van der Waals surface area (Å²) in [5.41, 5.74) is 0. The molecule has 0 aliphatic carbocycles. The summed E-state index contributed by atoms with van der Waals surface area (Å²) in [5, 5.41) is 1.30. The Morgan fingerprint density at radius 1 is 1.46 bits per heavy atom. The molecule has 0 radical (unpaired) electrons. The SMILES string of the molecule is CCCCCSc1ccnc(Cl)n1. The van der Waals surface area contributed by atoms with E-state index in [9.17, 15) is 0 Å². The smallest absolute Gasteiger partial charge is 0.223 e. The van der Waals surface area contributed by atoms with Gasteiger partial charge in [0, 0.05) is 6.20 Å². The van der Waals surface area contributed by atoms with Crippen LogP contribution in [-0.4, -0.2) is 15.7 Å². The van der Waals surface area contributed by atoms with Gasteiger partial charge < -0.3 is 0 Å². The van der Waals surface area contributed by atoms with E-state index < -0.39 is 0 Å². The number of hydrogen-bond donors (Lipinski definition) is 0. The molecule has 0 fully saturated rings. The van der Waals surface area contributed by atoms with Gasteiger partial charge in [-0.1, -0.05) is 19.8 Å². The fourth-order valence-corrected chi connectivity index (χ4v) is 1.99. The minimum atomic E-state index is 0.334. The number of unbranched alkanes of at least 4 members (excludes halogenated alkanes) is 2. The molecular weight excluding hydrogens is 204 g/mol. The van der Waals surface area contributed by atoms with E-state index in [1.165, 1.54) is 19.3 Å². The minimum Gasteiger partial charge on any atom is -0.226 e. The molecule has 0 N–H and O–H groups in total. The van der Waals surface area contributed by atoms with Crippen LogP contribution in [0, 0.1) is 0 Å². The van der Waals surface area contributed by atoms with Gasteiger partial charge in [0.25, 0.3) is 0 Å². The van der Waals surface area contributed by atoms with E-state index in [2.05, 4.69) is 16.9 Å². The van der Waals surface area contributed by atoms with Crippen LogP contribution < -0.4 is 0 Å². The second-order valence-corrected chi connectivity index (χ2v) is 4.17. The number of nitrogens with zero attached hydrogens (tertiary/aromatic N) is 2. The Balaban J connectivity index is 2.28. The largest absolute Gasteiger partial charge is 0.226 e. The maximum absolute atomic E-state index is 5.65. The zero-order valence-corrected chi connectivity index (χ0v) is 9.24. The Bertz CT molecular complexity index is 255. The molecule has 1 heterocycles. The van der Waals surface area contributed by atoms with Crippen molar-refractivity contribution in [2.24, 2.45) is 0 Å². The van der Waals surface area contributed by atoms with Crippen LogP contribution >= 0.6 is 23.4 Å². The molecule has 0 saturated carbocycles. The lowest BCUT2D eigenvalue weighted by Gasteiger charge is -1.99. The van der Waals surface area contributed by atoms with Crippen LogP contribution in [0.4, 0.5) is 0 Å². The molecular formula is C9H13ClN2S. The van der Waals surface area contributed by atoms with Crippen molar-refractivity contribution in [2.45, 2.75) is 31.2 Å². The van der Waals surface area contributed by atoms with Crippen molar-refractivity contribution in [1.82, 2.24) is 9.97 Å².